The standard InChI is InChI=1S/C11H12ClF3O/c1-7-5-8(3-4-10(7)16-2)9(12)6-11(13,14)15/h3-5,9H,6H2,1-2H3. The lowest BCUT2D eigenvalue weighted by atomic mass is 10.1. The highest BCUT2D eigenvalue weighted by atomic mass is 35.5. The molecule has 1 unspecified atom stereocenters. The summed E-state index contributed by atoms with van der Waals surface area (Å²) in [5.41, 5.74) is 1.23. The normalized spacial score (nSPS) is 13.6. The summed E-state index contributed by atoms with van der Waals surface area (Å²) in [5.74, 6) is 0.639. The number of hydrogen-bond acceptors (Lipinski definition) is 1. The van der Waals surface area contributed by atoms with Gasteiger partial charge in [-0.15, -0.1) is 11.6 Å². The van der Waals surface area contributed by atoms with Crippen LogP contribution in [0.25, 0.3) is 0 Å². The lowest BCUT2D eigenvalue weighted by Crippen LogP contribution is -2.10. The lowest BCUT2D eigenvalue weighted by Gasteiger charge is -2.14. The summed E-state index contributed by atoms with van der Waals surface area (Å²) in [4.78, 5) is 0. The molecule has 0 amide bonds. The Morgan fingerprint density at radius 3 is 2.44 bits per heavy atom. The third-order valence-electron chi connectivity index (χ3n) is 2.19. The lowest BCUT2D eigenvalue weighted by molar-refractivity contribution is -0.134. The molecule has 0 heterocycles. The molecule has 0 fully saturated rings. The first kappa shape index (κ1) is 13.2. The van der Waals surface area contributed by atoms with Gasteiger partial charge in [0.15, 0.2) is 0 Å². The molecule has 0 aliphatic rings. The Kier molecular flexibility index (Phi) is 4.08. The van der Waals surface area contributed by atoms with Gasteiger partial charge in [0, 0.05) is 0 Å². The van der Waals surface area contributed by atoms with E-state index < -0.39 is 18.0 Å². The Morgan fingerprint density at radius 2 is 2.00 bits per heavy atom. The predicted molar refractivity (Wildman–Crippen MR) is 57.0 cm³/mol. The predicted octanol–water partition coefficient (Wildman–Crippen LogP) is 4.24. The Morgan fingerprint density at radius 1 is 1.38 bits per heavy atom. The zero-order valence-corrected chi connectivity index (χ0v) is 9.69. The van der Waals surface area contributed by atoms with E-state index in [1.54, 1.807) is 25.1 Å². The highest BCUT2D eigenvalue weighted by molar-refractivity contribution is 6.20. The SMILES string of the molecule is COc1ccc(C(Cl)CC(F)(F)F)cc1C. The van der Waals surface area contributed by atoms with Gasteiger partial charge in [0.25, 0.3) is 0 Å². The Hall–Kier alpha value is -0.900. The quantitative estimate of drug-likeness (QED) is 0.732. The van der Waals surface area contributed by atoms with E-state index in [-0.39, 0.29) is 0 Å². The van der Waals surface area contributed by atoms with Crippen LogP contribution >= 0.6 is 11.6 Å². The molecule has 0 N–H and O–H groups in total. The van der Waals surface area contributed by atoms with Gasteiger partial charge < -0.3 is 4.74 Å². The van der Waals surface area contributed by atoms with E-state index in [0.29, 0.717) is 11.3 Å². The second kappa shape index (κ2) is 4.95. The molecular weight excluding hydrogens is 241 g/mol. The summed E-state index contributed by atoms with van der Waals surface area (Å²) in [6.07, 6.45) is -5.28. The number of halogens is 4. The molecule has 16 heavy (non-hydrogen) atoms. The van der Waals surface area contributed by atoms with E-state index in [9.17, 15) is 13.2 Å². The van der Waals surface area contributed by atoms with Crippen molar-refractivity contribution in [2.75, 3.05) is 7.11 Å². The van der Waals surface area contributed by atoms with Gasteiger partial charge in [-0.25, -0.2) is 0 Å². The summed E-state index contributed by atoms with van der Waals surface area (Å²) in [5, 5.41) is -1.05. The maximum absolute atomic E-state index is 12.1. The monoisotopic (exact) mass is 252 g/mol. The minimum Gasteiger partial charge on any atom is -0.496 e. The number of methoxy groups -OCH3 is 1. The van der Waals surface area contributed by atoms with Gasteiger partial charge in [-0.2, -0.15) is 13.2 Å². The van der Waals surface area contributed by atoms with E-state index in [0.717, 1.165) is 5.56 Å². The molecule has 0 saturated heterocycles. The van der Waals surface area contributed by atoms with Crippen molar-refractivity contribution >= 4 is 11.6 Å². The van der Waals surface area contributed by atoms with Crippen molar-refractivity contribution in [3.05, 3.63) is 29.3 Å². The first-order chi connectivity index (χ1) is 7.33. The average molecular weight is 253 g/mol. The van der Waals surface area contributed by atoms with Crippen molar-refractivity contribution in [1.82, 2.24) is 0 Å². The fourth-order valence-corrected chi connectivity index (χ4v) is 1.73. The molecule has 1 atom stereocenters. The Balaban J connectivity index is 2.85. The van der Waals surface area contributed by atoms with Gasteiger partial charge in [-0.3, -0.25) is 0 Å². The molecule has 0 radical (unpaired) electrons. The summed E-state index contributed by atoms with van der Waals surface area (Å²) in [7, 11) is 1.51. The largest absolute Gasteiger partial charge is 0.496 e. The average Bonchev–Trinajstić information content (AvgIpc) is 2.15. The first-order valence-electron chi connectivity index (χ1n) is 4.69. The van der Waals surface area contributed by atoms with Gasteiger partial charge in [-0.1, -0.05) is 12.1 Å². The highest BCUT2D eigenvalue weighted by Gasteiger charge is 2.31. The molecule has 1 aromatic rings. The van der Waals surface area contributed by atoms with Crippen LogP contribution in [-0.4, -0.2) is 13.3 Å². The third kappa shape index (κ3) is 3.59. The van der Waals surface area contributed by atoms with E-state index >= 15 is 0 Å². The number of aryl methyl sites for hydroxylation is 1. The molecule has 0 bridgehead atoms. The van der Waals surface area contributed by atoms with Crippen molar-refractivity contribution in [2.45, 2.75) is 24.9 Å². The number of ether oxygens (including phenoxy) is 1. The number of alkyl halides is 4. The summed E-state index contributed by atoms with van der Waals surface area (Å²) in [6, 6.07) is 4.79. The Labute approximate surface area is 97.2 Å². The minimum absolute atomic E-state index is 0.456. The van der Waals surface area contributed by atoms with Gasteiger partial charge in [0.05, 0.1) is 18.9 Å². The number of benzene rings is 1. The van der Waals surface area contributed by atoms with Gasteiger partial charge >= 0.3 is 6.18 Å². The number of hydrogen-bond donors (Lipinski definition) is 0. The fraction of sp³-hybridized carbons (Fsp3) is 0.455. The maximum atomic E-state index is 12.1. The smallest absolute Gasteiger partial charge is 0.390 e. The number of rotatable bonds is 3. The maximum Gasteiger partial charge on any atom is 0.390 e. The van der Waals surface area contributed by atoms with Crippen LogP contribution in [0.2, 0.25) is 0 Å². The van der Waals surface area contributed by atoms with Crippen LogP contribution in [0.15, 0.2) is 18.2 Å². The van der Waals surface area contributed by atoms with Gasteiger partial charge in [-0.05, 0) is 24.1 Å². The minimum atomic E-state index is -4.25. The van der Waals surface area contributed by atoms with E-state index in [1.165, 1.54) is 7.11 Å². The fourth-order valence-electron chi connectivity index (χ4n) is 1.42. The second-order valence-electron chi connectivity index (χ2n) is 3.52. The van der Waals surface area contributed by atoms with Crippen molar-refractivity contribution in [1.29, 1.82) is 0 Å². The molecule has 0 saturated carbocycles. The van der Waals surface area contributed by atoms with Gasteiger partial charge in [0.2, 0.25) is 0 Å². The van der Waals surface area contributed by atoms with Crippen molar-refractivity contribution in [2.24, 2.45) is 0 Å². The topological polar surface area (TPSA) is 9.23 Å². The zero-order chi connectivity index (χ0) is 12.3. The highest BCUT2D eigenvalue weighted by Crippen LogP contribution is 2.35. The van der Waals surface area contributed by atoms with Crippen molar-refractivity contribution < 1.29 is 17.9 Å². The van der Waals surface area contributed by atoms with Crippen molar-refractivity contribution in [3.8, 4) is 5.75 Å². The molecule has 1 rings (SSSR count). The van der Waals surface area contributed by atoms with Crippen LogP contribution in [0.5, 0.6) is 5.75 Å². The van der Waals surface area contributed by atoms with Crippen LogP contribution in [0, 0.1) is 6.92 Å². The third-order valence-corrected chi connectivity index (χ3v) is 2.60. The van der Waals surface area contributed by atoms with E-state index in [1.807, 2.05) is 0 Å². The van der Waals surface area contributed by atoms with Crippen LogP contribution in [0.3, 0.4) is 0 Å². The summed E-state index contributed by atoms with van der Waals surface area (Å²) in [6.45, 7) is 1.76. The van der Waals surface area contributed by atoms with Crippen LogP contribution in [0.1, 0.15) is 22.9 Å². The molecule has 1 nitrogen and oxygen atoms in total. The zero-order valence-electron chi connectivity index (χ0n) is 8.94. The van der Waals surface area contributed by atoms with Crippen LogP contribution < -0.4 is 4.74 Å². The van der Waals surface area contributed by atoms with Crippen LogP contribution in [-0.2, 0) is 0 Å². The molecule has 0 aliphatic carbocycles. The molecular formula is C11H12ClF3O. The van der Waals surface area contributed by atoms with E-state index in [2.05, 4.69) is 0 Å². The molecule has 0 aliphatic heterocycles. The van der Waals surface area contributed by atoms with Crippen molar-refractivity contribution in [3.63, 3.8) is 0 Å². The molecule has 0 spiro atoms. The first-order valence-corrected chi connectivity index (χ1v) is 5.12. The summed E-state index contributed by atoms with van der Waals surface area (Å²) < 4.78 is 41.4. The van der Waals surface area contributed by atoms with Crippen LogP contribution in [0.4, 0.5) is 13.2 Å². The summed E-state index contributed by atoms with van der Waals surface area (Å²) >= 11 is 5.70. The molecule has 1 aromatic carbocycles. The Bertz CT molecular complexity index is 363. The van der Waals surface area contributed by atoms with E-state index in [4.69, 9.17) is 16.3 Å². The molecule has 5 heteroatoms. The second-order valence-corrected chi connectivity index (χ2v) is 4.04. The molecule has 0 aromatic heterocycles. The van der Waals surface area contributed by atoms with Gasteiger partial charge in [0.1, 0.15) is 5.75 Å². The molecule has 90 valence electrons.